The number of hydrogen-bond donors (Lipinski definition) is 1. The van der Waals surface area contributed by atoms with Crippen molar-refractivity contribution in [3.8, 4) is 0 Å². The molecular formula is C11H21NO2. The van der Waals surface area contributed by atoms with Gasteiger partial charge in [0.2, 0.25) is 0 Å². The first-order valence-corrected chi connectivity index (χ1v) is 5.68. The summed E-state index contributed by atoms with van der Waals surface area (Å²) in [5.74, 6) is 0.582. The van der Waals surface area contributed by atoms with Crippen LogP contribution in [0.15, 0.2) is 0 Å². The summed E-state index contributed by atoms with van der Waals surface area (Å²) in [6.07, 6.45) is 7.37. The van der Waals surface area contributed by atoms with Gasteiger partial charge in [0.05, 0.1) is 6.61 Å². The van der Waals surface area contributed by atoms with E-state index in [1.807, 2.05) is 0 Å². The molecule has 0 aromatic heterocycles. The molecule has 0 unspecified atom stereocenters. The Morgan fingerprint density at radius 1 is 1.29 bits per heavy atom. The van der Waals surface area contributed by atoms with Crippen LogP contribution in [0.4, 0.5) is 0 Å². The summed E-state index contributed by atoms with van der Waals surface area (Å²) in [6.45, 7) is 1.30. The van der Waals surface area contributed by atoms with Crippen molar-refractivity contribution in [1.82, 2.24) is 0 Å². The maximum atomic E-state index is 11.2. The van der Waals surface area contributed by atoms with Gasteiger partial charge in [0.1, 0.15) is 0 Å². The lowest BCUT2D eigenvalue weighted by atomic mass is 10.1. The van der Waals surface area contributed by atoms with Gasteiger partial charge < -0.3 is 10.5 Å². The second-order valence-electron chi connectivity index (χ2n) is 4.08. The molecule has 0 spiro atoms. The molecule has 0 aromatic carbocycles. The highest BCUT2D eigenvalue weighted by molar-refractivity contribution is 5.69. The molecule has 1 aliphatic carbocycles. The van der Waals surface area contributed by atoms with Crippen LogP contribution in [0.5, 0.6) is 0 Å². The van der Waals surface area contributed by atoms with Gasteiger partial charge in [0, 0.05) is 6.42 Å². The molecule has 3 heteroatoms. The Morgan fingerprint density at radius 3 is 2.64 bits per heavy atom. The Kier molecular flexibility index (Phi) is 5.60. The number of carbonyl (C=O) groups excluding carboxylic acids is 1. The fraction of sp³-hybridized carbons (Fsp3) is 0.909. The standard InChI is InChI=1S/C11H21NO2/c12-8-4-3-7-11(13)14-9-10-5-1-2-6-10/h10H,1-9,12H2. The number of rotatable bonds is 6. The summed E-state index contributed by atoms with van der Waals surface area (Å²) in [4.78, 5) is 11.2. The van der Waals surface area contributed by atoms with Crippen LogP contribution in [0.1, 0.15) is 44.9 Å². The SMILES string of the molecule is NCCCCC(=O)OCC1CCCC1. The third-order valence-corrected chi connectivity index (χ3v) is 2.79. The molecule has 0 amide bonds. The van der Waals surface area contributed by atoms with Gasteiger partial charge in [-0.2, -0.15) is 0 Å². The lowest BCUT2D eigenvalue weighted by Crippen LogP contribution is -2.12. The predicted molar refractivity (Wildman–Crippen MR) is 55.8 cm³/mol. The van der Waals surface area contributed by atoms with E-state index in [4.69, 9.17) is 10.5 Å². The molecule has 0 aliphatic heterocycles. The summed E-state index contributed by atoms with van der Waals surface area (Å²) in [5, 5.41) is 0. The average Bonchev–Trinajstić information content (AvgIpc) is 2.68. The highest BCUT2D eigenvalue weighted by Crippen LogP contribution is 2.24. The van der Waals surface area contributed by atoms with Crippen molar-refractivity contribution in [1.29, 1.82) is 0 Å². The van der Waals surface area contributed by atoms with Crippen molar-refractivity contribution in [2.75, 3.05) is 13.2 Å². The monoisotopic (exact) mass is 199 g/mol. The maximum absolute atomic E-state index is 11.2. The molecule has 14 heavy (non-hydrogen) atoms. The molecule has 1 fully saturated rings. The van der Waals surface area contributed by atoms with Crippen molar-refractivity contribution in [3.63, 3.8) is 0 Å². The van der Waals surface area contributed by atoms with E-state index in [1.165, 1.54) is 25.7 Å². The molecule has 0 atom stereocenters. The van der Waals surface area contributed by atoms with Crippen LogP contribution in [0.25, 0.3) is 0 Å². The fourth-order valence-corrected chi connectivity index (χ4v) is 1.87. The van der Waals surface area contributed by atoms with Gasteiger partial charge in [-0.05, 0) is 38.1 Å². The van der Waals surface area contributed by atoms with Gasteiger partial charge in [0.15, 0.2) is 0 Å². The first kappa shape index (κ1) is 11.5. The number of nitrogens with two attached hydrogens (primary N) is 1. The lowest BCUT2D eigenvalue weighted by Gasteiger charge is -2.09. The molecule has 2 N–H and O–H groups in total. The number of carbonyl (C=O) groups is 1. The number of hydrogen-bond acceptors (Lipinski definition) is 3. The Balaban J connectivity index is 1.96. The van der Waals surface area contributed by atoms with Gasteiger partial charge in [-0.3, -0.25) is 4.79 Å². The number of esters is 1. The van der Waals surface area contributed by atoms with Crippen molar-refractivity contribution in [3.05, 3.63) is 0 Å². The Bertz CT molecular complexity index is 165. The summed E-state index contributed by atoms with van der Waals surface area (Å²) in [7, 11) is 0. The fourth-order valence-electron chi connectivity index (χ4n) is 1.87. The molecule has 0 saturated heterocycles. The minimum Gasteiger partial charge on any atom is -0.465 e. The summed E-state index contributed by atoms with van der Waals surface area (Å²) >= 11 is 0. The topological polar surface area (TPSA) is 52.3 Å². The zero-order valence-electron chi connectivity index (χ0n) is 8.84. The number of ether oxygens (including phenoxy) is 1. The van der Waals surface area contributed by atoms with E-state index in [1.54, 1.807) is 0 Å². The molecule has 1 aliphatic rings. The smallest absolute Gasteiger partial charge is 0.305 e. The third kappa shape index (κ3) is 4.61. The van der Waals surface area contributed by atoms with Crippen molar-refractivity contribution in [2.45, 2.75) is 44.9 Å². The minimum absolute atomic E-state index is 0.0506. The van der Waals surface area contributed by atoms with Crippen LogP contribution in [0.3, 0.4) is 0 Å². The normalized spacial score (nSPS) is 17.2. The quantitative estimate of drug-likeness (QED) is 0.524. The van der Waals surface area contributed by atoms with E-state index in [9.17, 15) is 4.79 Å². The Hall–Kier alpha value is -0.570. The molecule has 1 saturated carbocycles. The lowest BCUT2D eigenvalue weighted by molar-refractivity contribution is -0.145. The zero-order chi connectivity index (χ0) is 10.2. The van der Waals surface area contributed by atoms with Gasteiger partial charge in [-0.1, -0.05) is 12.8 Å². The minimum atomic E-state index is -0.0506. The first-order valence-electron chi connectivity index (χ1n) is 5.68. The highest BCUT2D eigenvalue weighted by atomic mass is 16.5. The van der Waals surface area contributed by atoms with Crippen molar-refractivity contribution in [2.24, 2.45) is 11.7 Å². The van der Waals surface area contributed by atoms with Gasteiger partial charge >= 0.3 is 5.97 Å². The van der Waals surface area contributed by atoms with E-state index < -0.39 is 0 Å². The zero-order valence-corrected chi connectivity index (χ0v) is 8.84. The van der Waals surface area contributed by atoms with E-state index in [0.29, 0.717) is 25.5 Å². The van der Waals surface area contributed by atoms with Crippen LogP contribution in [-0.2, 0) is 9.53 Å². The van der Waals surface area contributed by atoms with Crippen LogP contribution in [0, 0.1) is 5.92 Å². The molecule has 0 aromatic rings. The van der Waals surface area contributed by atoms with Gasteiger partial charge in [0.25, 0.3) is 0 Å². The second kappa shape index (κ2) is 6.82. The van der Waals surface area contributed by atoms with Crippen LogP contribution < -0.4 is 5.73 Å². The highest BCUT2D eigenvalue weighted by Gasteiger charge is 2.16. The van der Waals surface area contributed by atoms with Gasteiger partial charge in [-0.25, -0.2) is 0 Å². The Labute approximate surface area is 86.0 Å². The van der Waals surface area contributed by atoms with E-state index in [-0.39, 0.29) is 5.97 Å². The van der Waals surface area contributed by atoms with E-state index >= 15 is 0 Å². The summed E-state index contributed by atoms with van der Waals surface area (Å²) in [5.41, 5.74) is 5.34. The van der Waals surface area contributed by atoms with Crippen molar-refractivity contribution < 1.29 is 9.53 Å². The molecule has 3 nitrogen and oxygen atoms in total. The third-order valence-electron chi connectivity index (χ3n) is 2.79. The maximum Gasteiger partial charge on any atom is 0.305 e. The van der Waals surface area contributed by atoms with E-state index in [0.717, 1.165) is 12.8 Å². The molecule has 1 rings (SSSR count). The summed E-state index contributed by atoms with van der Waals surface area (Å²) < 4.78 is 5.19. The predicted octanol–water partition coefficient (Wildman–Crippen LogP) is 1.85. The van der Waals surface area contributed by atoms with Crippen LogP contribution >= 0.6 is 0 Å². The molecule has 0 radical (unpaired) electrons. The number of unbranched alkanes of at least 4 members (excludes halogenated alkanes) is 1. The van der Waals surface area contributed by atoms with Crippen LogP contribution in [0.2, 0.25) is 0 Å². The average molecular weight is 199 g/mol. The molecular weight excluding hydrogens is 178 g/mol. The van der Waals surface area contributed by atoms with Crippen molar-refractivity contribution >= 4 is 5.97 Å². The van der Waals surface area contributed by atoms with E-state index in [2.05, 4.69) is 0 Å². The van der Waals surface area contributed by atoms with Gasteiger partial charge in [-0.15, -0.1) is 0 Å². The largest absolute Gasteiger partial charge is 0.465 e. The van der Waals surface area contributed by atoms with Crippen LogP contribution in [-0.4, -0.2) is 19.1 Å². The molecule has 0 bridgehead atoms. The first-order chi connectivity index (χ1) is 6.83. The summed E-state index contributed by atoms with van der Waals surface area (Å²) in [6, 6.07) is 0. The Morgan fingerprint density at radius 2 is 2.00 bits per heavy atom. The molecule has 82 valence electrons. The molecule has 0 heterocycles. The second-order valence-corrected chi connectivity index (χ2v) is 4.08.